The van der Waals surface area contributed by atoms with Crippen LogP contribution < -0.4 is 0 Å². The van der Waals surface area contributed by atoms with Crippen LogP contribution in [0.4, 0.5) is 4.39 Å². The molecule has 0 aliphatic rings. The summed E-state index contributed by atoms with van der Waals surface area (Å²) >= 11 is 1.15. The van der Waals surface area contributed by atoms with Gasteiger partial charge in [0.05, 0.1) is 6.61 Å². The summed E-state index contributed by atoms with van der Waals surface area (Å²) in [4.78, 5) is 9.94. The summed E-state index contributed by atoms with van der Waals surface area (Å²) < 4.78 is 12.2. The topological polar surface area (TPSA) is 58.9 Å². The van der Waals surface area contributed by atoms with Crippen molar-refractivity contribution in [2.45, 2.75) is 5.16 Å². The summed E-state index contributed by atoms with van der Waals surface area (Å²) in [6, 6.07) is 0. The molecule has 1 aromatic heterocycles. The molecule has 0 saturated heterocycles. The second kappa shape index (κ2) is 4.20. The molecule has 0 fully saturated rings. The van der Waals surface area contributed by atoms with E-state index in [1.165, 1.54) is 0 Å². The first kappa shape index (κ1) is 8.35. The van der Waals surface area contributed by atoms with Gasteiger partial charge in [-0.15, -0.1) is 0 Å². The Morgan fingerprint density at radius 2 is 2.36 bits per heavy atom. The zero-order valence-corrected chi connectivity index (χ0v) is 6.31. The lowest BCUT2D eigenvalue weighted by atomic mass is 10.9. The monoisotopic (exact) mass is 174 g/mol. The van der Waals surface area contributed by atoms with Gasteiger partial charge in [0.25, 0.3) is 0 Å². The highest BCUT2D eigenvalue weighted by Gasteiger charge is 1.98. The number of halogens is 1. The molecule has 1 rings (SSSR count). The van der Waals surface area contributed by atoms with Crippen molar-refractivity contribution in [2.75, 3.05) is 12.4 Å². The Morgan fingerprint density at radius 3 is 3.00 bits per heavy atom. The zero-order valence-electron chi connectivity index (χ0n) is 5.49. The Morgan fingerprint density at radius 1 is 1.55 bits per heavy atom. The van der Waals surface area contributed by atoms with E-state index < -0.39 is 6.08 Å². The number of thioether (sulfide) groups is 1. The summed E-state index contributed by atoms with van der Waals surface area (Å²) in [6.45, 7) is 0.0119. The van der Waals surface area contributed by atoms with Crippen molar-refractivity contribution in [1.82, 2.24) is 15.0 Å². The molecule has 11 heavy (non-hydrogen) atoms. The molecule has 1 aromatic rings. The van der Waals surface area contributed by atoms with Crippen LogP contribution >= 0.6 is 11.8 Å². The van der Waals surface area contributed by atoms with Crippen LogP contribution in [0.15, 0.2) is 5.16 Å². The Kier molecular flexibility index (Phi) is 3.18. The second-order valence-electron chi connectivity index (χ2n) is 1.56. The van der Waals surface area contributed by atoms with Crippen molar-refractivity contribution in [3.05, 3.63) is 12.4 Å². The molecule has 0 aliphatic heterocycles. The van der Waals surface area contributed by atoms with Gasteiger partial charge in [-0.25, -0.2) is 0 Å². The van der Waals surface area contributed by atoms with E-state index in [0.717, 1.165) is 11.8 Å². The Labute approximate surface area is 66.9 Å². The van der Waals surface area contributed by atoms with Gasteiger partial charge in [-0.2, -0.15) is 19.3 Å². The van der Waals surface area contributed by atoms with Gasteiger partial charge in [0.1, 0.15) is 0 Å². The van der Waals surface area contributed by atoms with Crippen LogP contribution in [0.5, 0.6) is 0 Å². The first-order chi connectivity index (χ1) is 5.33. The summed E-state index contributed by atoms with van der Waals surface area (Å²) in [7, 11) is 0. The predicted molar refractivity (Wildman–Crippen MR) is 36.4 cm³/mol. The van der Waals surface area contributed by atoms with Crippen LogP contribution in [-0.2, 0) is 0 Å². The van der Waals surface area contributed by atoms with E-state index >= 15 is 0 Å². The van der Waals surface area contributed by atoms with E-state index in [4.69, 9.17) is 5.11 Å². The molecule has 0 bridgehead atoms. The van der Waals surface area contributed by atoms with Crippen LogP contribution in [0.2, 0.25) is 0 Å². The van der Waals surface area contributed by atoms with Gasteiger partial charge in [0.2, 0.25) is 6.33 Å². The quantitative estimate of drug-likeness (QED) is 0.648. The van der Waals surface area contributed by atoms with Gasteiger partial charge in [-0.3, -0.25) is 0 Å². The van der Waals surface area contributed by atoms with E-state index in [1.807, 2.05) is 0 Å². The highest BCUT2D eigenvalue weighted by Crippen LogP contribution is 2.09. The predicted octanol–water partition coefficient (Wildman–Crippen LogP) is -0.105. The molecule has 0 spiro atoms. The molecule has 6 heteroatoms. The number of aromatic nitrogens is 3. The van der Waals surface area contributed by atoms with Gasteiger partial charge in [-0.05, 0) is 0 Å². The Balaban J connectivity index is 2.56. The maximum absolute atomic E-state index is 12.2. The lowest BCUT2D eigenvalue weighted by molar-refractivity contribution is 0.322. The number of aliphatic hydroxyl groups excluding tert-OH is 1. The van der Waals surface area contributed by atoms with E-state index in [9.17, 15) is 4.39 Å². The van der Waals surface area contributed by atoms with Crippen LogP contribution in [0.25, 0.3) is 0 Å². The second-order valence-corrected chi connectivity index (χ2v) is 2.62. The zero-order chi connectivity index (χ0) is 8.10. The maximum atomic E-state index is 12.2. The largest absolute Gasteiger partial charge is 0.396 e. The van der Waals surface area contributed by atoms with Gasteiger partial charge in [-0.1, -0.05) is 11.8 Å². The molecule has 0 atom stereocenters. The van der Waals surface area contributed by atoms with Crippen LogP contribution in [0, 0.1) is 12.4 Å². The number of hydrogen-bond donors (Lipinski definition) is 1. The lowest BCUT2D eigenvalue weighted by Crippen LogP contribution is -1.95. The van der Waals surface area contributed by atoms with Gasteiger partial charge < -0.3 is 5.11 Å². The molecular formula is C5H5FN3OS. The number of hydrogen-bond acceptors (Lipinski definition) is 5. The molecule has 0 aliphatic carbocycles. The molecule has 59 valence electrons. The smallest absolute Gasteiger partial charge is 0.313 e. The highest BCUT2D eigenvalue weighted by atomic mass is 32.2. The van der Waals surface area contributed by atoms with E-state index in [0.29, 0.717) is 5.75 Å². The van der Waals surface area contributed by atoms with E-state index in [1.54, 1.807) is 0 Å². The minimum atomic E-state index is -0.847. The Bertz CT molecular complexity index is 235. The average Bonchev–Trinajstić information content (AvgIpc) is 2.01. The van der Waals surface area contributed by atoms with Crippen LogP contribution in [0.3, 0.4) is 0 Å². The average molecular weight is 174 g/mol. The molecule has 1 heterocycles. The van der Waals surface area contributed by atoms with Crippen molar-refractivity contribution in [3.63, 3.8) is 0 Å². The SMILES string of the molecule is OCCSc1n[c]nc(F)n1. The fraction of sp³-hybridized carbons (Fsp3) is 0.400. The minimum absolute atomic E-state index is 0.0119. The van der Waals surface area contributed by atoms with Gasteiger partial charge in [0, 0.05) is 5.75 Å². The molecule has 0 aromatic carbocycles. The highest BCUT2D eigenvalue weighted by molar-refractivity contribution is 7.99. The number of nitrogens with zero attached hydrogens (tertiary/aromatic N) is 3. The van der Waals surface area contributed by atoms with Crippen molar-refractivity contribution in [2.24, 2.45) is 0 Å². The summed E-state index contributed by atoms with van der Waals surface area (Å²) in [5.41, 5.74) is 0. The fourth-order valence-electron chi connectivity index (χ4n) is 0.439. The van der Waals surface area contributed by atoms with Gasteiger partial charge in [0.15, 0.2) is 5.16 Å². The minimum Gasteiger partial charge on any atom is -0.396 e. The molecule has 0 amide bonds. The fourth-order valence-corrected chi connectivity index (χ4v) is 0.959. The molecule has 1 N–H and O–H groups in total. The normalized spacial score (nSPS) is 10.0. The van der Waals surface area contributed by atoms with E-state index in [-0.39, 0.29) is 11.8 Å². The molecule has 0 saturated carbocycles. The van der Waals surface area contributed by atoms with Crippen LogP contribution in [0.1, 0.15) is 0 Å². The number of aliphatic hydroxyl groups is 1. The van der Waals surface area contributed by atoms with Crippen molar-refractivity contribution in [1.29, 1.82) is 0 Å². The van der Waals surface area contributed by atoms with Crippen LogP contribution in [-0.4, -0.2) is 32.4 Å². The first-order valence-corrected chi connectivity index (χ1v) is 3.83. The Hall–Kier alpha value is -0.750. The van der Waals surface area contributed by atoms with E-state index in [2.05, 4.69) is 21.3 Å². The summed E-state index contributed by atoms with van der Waals surface area (Å²) in [5, 5.41) is 8.64. The third-order valence-corrected chi connectivity index (χ3v) is 1.63. The third kappa shape index (κ3) is 2.77. The molecular weight excluding hydrogens is 169 g/mol. The van der Waals surface area contributed by atoms with Crippen molar-refractivity contribution < 1.29 is 9.50 Å². The molecule has 0 unspecified atom stereocenters. The maximum Gasteiger partial charge on any atom is 0.313 e. The van der Waals surface area contributed by atoms with Crippen molar-refractivity contribution in [3.8, 4) is 0 Å². The third-order valence-electron chi connectivity index (χ3n) is 0.798. The molecule has 1 radical (unpaired) electrons. The lowest BCUT2D eigenvalue weighted by Gasteiger charge is -1.93. The summed E-state index contributed by atoms with van der Waals surface area (Å²) in [6.07, 6.45) is 1.25. The van der Waals surface area contributed by atoms with Crippen molar-refractivity contribution >= 4 is 11.8 Å². The molecule has 4 nitrogen and oxygen atoms in total. The number of rotatable bonds is 3. The summed E-state index contributed by atoms with van der Waals surface area (Å²) in [5.74, 6) is 0.442. The van der Waals surface area contributed by atoms with Gasteiger partial charge >= 0.3 is 6.08 Å². The first-order valence-electron chi connectivity index (χ1n) is 2.84. The standard InChI is InChI=1S/C5H5FN3OS/c6-4-7-3-8-5(9-4)11-2-1-10/h10H,1-2H2.